The van der Waals surface area contributed by atoms with Gasteiger partial charge in [0.2, 0.25) is 0 Å². The summed E-state index contributed by atoms with van der Waals surface area (Å²) in [4.78, 5) is 19.0. The molecule has 1 N–H and O–H groups in total. The molecule has 3 aromatic rings. The lowest BCUT2D eigenvalue weighted by molar-refractivity contribution is 0.102. The molecular formula is C19H19N3O2. The molecule has 1 aromatic heterocycles. The largest absolute Gasteiger partial charge is 0.441 e. The van der Waals surface area contributed by atoms with E-state index >= 15 is 0 Å². The zero-order chi connectivity index (χ0) is 16.5. The predicted molar refractivity (Wildman–Crippen MR) is 94.6 cm³/mol. The number of benzene rings is 2. The van der Waals surface area contributed by atoms with Crippen LogP contribution in [0, 0.1) is 6.92 Å². The van der Waals surface area contributed by atoms with E-state index in [1.54, 1.807) is 25.1 Å². The number of rotatable bonds is 3. The Morgan fingerprint density at radius 3 is 2.62 bits per heavy atom. The minimum Gasteiger partial charge on any atom is -0.441 e. The number of hydrogen-bond acceptors (Lipinski definition) is 4. The summed E-state index contributed by atoms with van der Waals surface area (Å²) >= 11 is 0. The van der Waals surface area contributed by atoms with Crippen molar-refractivity contribution in [2.75, 3.05) is 23.3 Å². The zero-order valence-electron chi connectivity index (χ0n) is 13.6. The van der Waals surface area contributed by atoms with E-state index in [1.807, 2.05) is 12.1 Å². The van der Waals surface area contributed by atoms with Gasteiger partial charge in [0.15, 0.2) is 11.5 Å². The number of aryl methyl sites for hydroxylation is 1. The van der Waals surface area contributed by atoms with Gasteiger partial charge in [-0.1, -0.05) is 0 Å². The van der Waals surface area contributed by atoms with E-state index in [4.69, 9.17) is 4.42 Å². The first-order valence-electron chi connectivity index (χ1n) is 8.23. The summed E-state index contributed by atoms with van der Waals surface area (Å²) in [5.74, 6) is 0.444. The van der Waals surface area contributed by atoms with Crippen molar-refractivity contribution >= 4 is 28.4 Å². The van der Waals surface area contributed by atoms with Crippen LogP contribution in [0.25, 0.3) is 11.1 Å². The molecule has 1 aliphatic heterocycles. The van der Waals surface area contributed by atoms with E-state index in [0.29, 0.717) is 17.0 Å². The Hall–Kier alpha value is -2.82. The van der Waals surface area contributed by atoms with Crippen molar-refractivity contribution < 1.29 is 9.21 Å². The van der Waals surface area contributed by atoms with E-state index in [-0.39, 0.29) is 5.91 Å². The molecule has 1 amide bonds. The third-order valence-corrected chi connectivity index (χ3v) is 4.35. The molecule has 2 aromatic carbocycles. The molecule has 5 nitrogen and oxygen atoms in total. The molecule has 0 bridgehead atoms. The number of hydrogen-bond donors (Lipinski definition) is 1. The highest BCUT2D eigenvalue weighted by atomic mass is 16.3. The van der Waals surface area contributed by atoms with Crippen LogP contribution in [0.4, 0.5) is 11.4 Å². The van der Waals surface area contributed by atoms with E-state index in [1.165, 1.54) is 18.5 Å². The van der Waals surface area contributed by atoms with Crippen molar-refractivity contribution in [2.24, 2.45) is 0 Å². The number of anilines is 2. The molecule has 0 radical (unpaired) electrons. The summed E-state index contributed by atoms with van der Waals surface area (Å²) in [7, 11) is 0. The number of aromatic nitrogens is 1. The summed E-state index contributed by atoms with van der Waals surface area (Å²) < 4.78 is 5.48. The predicted octanol–water partition coefficient (Wildman–Crippen LogP) is 3.99. The minimum absolute atomic E-state index is 0.153. The maximum atomic E-state index is 12.4. The second-order valence-electron chi connectivity index (χ2n) is 6.11. The fraction of sp³-hybridized carbons (Fsp3) is 0.263. The van der Waals surface area contributed by atoms with E-state index in [0.717, 1.165) is 24.3 Å². The van der Waals surface area contributed by atoms with Gasteiger partial charge in [-0.25, -0.2) is 4.98 Å². The monoisotopic (exact) mass is 321 g/mol. The highest BCUT2D eigenvalue weighted by Gasteiger charge is 2.13. The summed E-state index contributed by atoms with van der Waals surface area (Å²) in [6.07, 6.45) is 2.50. The molecule has 0 unspecified atom stereocenters. The lowest BCUT2D eigenvalue weighted by Crippen LogP contribution is -2.17. The molecule has 2 heterocycles. The molecule has 1 aliphatic rings. The molecule has 4 rings (SSSR count). The normalized spacial score (nSPS) is 14.3. The number of nitrogens with one attached hydrogen (secondary N) is 1. The van der Waals surface area contributed by atoms with Crippen LogP contribution in [0.15, 0.2) is 46.9 Å². The first kappa shape index (κ1) is 14.8. The maximum absolute atomic E-state index is 12.4. The summed E-state index contributed by atoms with van der Waals surface area (Å²) in [5.41, 5.74) is 3.95. The van der Waals surface area contributed by atoms with Gasteiger partial charge in [0.25, 0.3) is 5.91 Å². The molecule has 122 valence electrons. The third kappa shape index (κ3) is 2.85. The molecule has 1 fully saturated rings. The fourth-order valence-electron chi connectivity index (χ4n) is 3.12. The van der Waals surface area contributed by atoms with Crippen LogP contribution in [0.5, 0.6) is 0 Å². The van der Waals surface area contributed by atoms with Gasteiger partial charge in [-0.3, -0.25) is 4.79 Å². The highest BCUT2D eigenvalue weighted by molar-refractivity contribution is 6.05. The first-order chi connectivity index (χ1) is 11.7. The van der Waals surface area contributed by atoms with Gasteiger partial charge >= 0.3 is 0 Å². The first-order valence-corrected chi connectivity index (χ1v) is 8.23. The number of carbonyl (C=O) groups is 1. The zero-order valence-corrected chi connectivity index (χ0v) is 13.6. The highest BCUT2D eigenvalue weighted by Crippen LogP contribution is 2.23. The average Bonchev–Trinajstić information content (AvgIpc) is 3.23. The van der Waals surface area contributed by atoms with E-state index in [9.17, 15) is 4.79 Å². The standard InChI is InChI=1S/C19H19N3O2/c1-13-20-17-9-4-14(12-18(17)24-13)19(23)21-15-5-7-16(8-6-15)22-10-2-3-11-22/h4-9,12H,2-3,10-11H2,1H3,(H,21,23). The van der Waals surface area contributed by atoms with Gasteiger partial charge in [0.05, 0.1) is 0 Å². The molecule has 0 spiro atoms. The van der Waals surface area contributed by atoms with Crippen LogP contribution >= 0.6 is 0 Å². The minimum atomic E-state index is -0.153. The molecule has 0 saturated carbocycles. The SMILES string of the molecule is Cc1nc2ccc(C(=O)Nc3ccc(N4CCCC4)cc3)cc2o1. The van der Waals surface area contributed by atoms with Crippen molar-refractivity contribution in [3.05, 3.63) is 53.9 Å². The topological polar surface area (TPSA) is 58.4 Å². The number of oxazole rings is 1. The molecule has 5 heteroatoms. The van der Waals surface area contributed by atoms with Crippen molar-refractivity contribution in [2.45, 2.75) is 19.8 Å². The van der Waals surface area contributed by atoms with Gasteiger partial charge in [0.1, 0.15) is 5.52 Å². The van der Waals surface area contributed by atoms with Crippen molar-refractivity contribution in [3.63, 3.8) is 0 Å². The van der Waals surface area contributed by atoms with Crippen LogP contribution in [0.1, 0.15) is 29.1 Å². The van der Waals surface area contributed by atoms with Gasteiger partial charge in [-0.05, 0) is 55.3 Å². The molecule has 1 saturated heterocycles. The Morgan fingerprint density at radius 1 is 1.12 bits per heavy atom. The number of nitrogens with zero attached hydrogens (tertiary/aromatic N) is 2. The van der Waals surface area contributed by atoms with Gasteiger partial charge < -0.3 is 14.6 Å². The lowest BCUT2D eigenvalue weighted by atomic mass is 10.2. The van der Waals surface area contributed by atoms with Gasteiger partial charge in [0, 0.05) is 37.0 Å². The lowest BCUT2D eigenvalue weighted by Gasteiger charge is -2.17. The maximum Gasteiger partial charge on any atom is 0.255 e. The fourth-order valence-corrected chi connectivity index (χ4v) is 3.12. The number of amides is 1. The van der Waals surface area contributed by atoms with Crippen molar-refractivity contribution in [3.8, 4) is 0 Å². The Morgan fingerprint density at radius 2 is 1.88 bits per heavy atom. The molecule has 0 atom stereocenters. The van der Waals surface area contributed by atoms with Gasteiger partial charge in [-0.2, -0.15) is 0 Å². The number of carbonyl (C=O) groups excluding carboxylic acids is 1. The van der Waals surface area contributed by atoms with Crippen LogP contribution in [0.2, 0.25) is 0 Å². The van der Waals surface area contributed by atoms with Crippen LogP contribution in [0.3, 0.4) is 0 Å². The Kier molecular flexibility index (Phi) is 3.69. The summed E-state index contributed by atoms with van der Waals surface area (Å²) in [6, 6.07) is 13.3. The van der Waals surface area contributed by atoms with Crippen molar-refractivity contribution in [1.29, 1.82) is 0 Å². The van der Waals surface area contributed by atoms with Crippen LogP contribution < -0.4 is 10.2 Å². The second kappa shape index (κ2) is 6.00. The molecular weight excluding hydrogens is 302 g/mol. The Labute approximate surface area is 140 Å². The van der Waals surface area contributed by atoms with Crippen LogP contribution in [-0.4, -0.2) is 24.0 Å². The Balaban J connectivity index is 1.49. The summed E-state index contributed by atoms with van der Waals surface area (Å²) in [6.45, 7) is 4.02. The third-order valence-electron chi connectivity index (χ3n) is 4.35. The van der Waals surface area contributed by atoms with Crippen molar-refractivity contribution in [1.82, 2.24) is 4.98 Å². The average molecular weight is 321 g/mol. The molecule has 0 aliphatic carbocycles. The van der Waals surface area contributed by atoms with Crippen LogP contribution in [-0.2, 0) is 0 Å². The van der Waals surface area contributed by atoms with E-state index < -0.39 is 0 Å². The smallest absolute Gasteiger partial charge is 0.255 e. The number of fused-ring (bicyclic) bond motifs is 1. The summed E-state index contributed by atoms with van der Waals surface area (Å²) in [5, 5.41) is 2.93. The van der Waals surface area contributed by atoms with E-state index in [2.05, 4.69) is 27.3 Å². The quantitative estimate of drug-likeness (QED) is 0.792. The Bertz CT molecular complexity index is 877. The second-order valence-corrected chi connectivity index (χ2v) is 6.11. The molecule has 24 heavy (non-hydrogen) atoms. The van der Waals surface area contributed by atoms with Gasteiger partial charge in [-0.15, -0.1) is 0 Å².